The quantitative estimate of drug-likeness (QED) is 0.713. The van der Waals surface area contributed by atoms with Crippen molar-refractivity contribution >= 4 is 27.3 Å². The van der Waals surface area contributed by atoms with Gasteiger partial charge in [0.2, 0.25) is 10.0 Å². The molecule has 5 nitrogen and oxygen atoms in total. The van der Waals surface area contributed by atoms with E-state index in [2.05, 4.69) is 4.72 Å². The fourth-order valence-corrected chi connectivity index (χ4v) is 3.14. The van der Waals surface area contributed by atoms with Crippen LogP contribution in [-0.2, 0) is 10.0 Å². The van der Waals surface area contributed by atoms with Crippen LogP contribution >= 0.6 is 11.6 Å². The van der Waals surface area contributed by atoms with Crippen LogP contribution in [0.1, 0.15) is 12.5 Å². The number of rotatable bonds is 4. The van der Waals surface area contributed by atoms with E-state index in [9.17, 15) is 8.42 Å². The summed E-state index contributed by atoms with van der Waals surface area (Å²) in [4.78, 5) is 0.0304. The van der Waals surface area contributed by atoms with Crippen molar-refractivity contribution in [1.29, 1.82) is 0 Å². The summed E-state index contributed by atoms with van der Waals surface area (Å²) in [6.45, 7) is 2.87. The summed E-state index contributed by atoms with van der Waals surface area (Å²) in [7, 11) is -3.72. The van der Waals surface area contributed by atoms with E-state index in [-0.39, 0.29) is 16.5 Å². The van der Waals surface area contributed by atoms with Crippen LogP contribution in [-0.4, -0.2) is 26.2 Å². The average Bonchev–Trinajstić information content (AvgIpc) is 2.22. The molecule has 1 aromatic carbocycles. The average molecular weight is 279 g/mol. The molecule has 0 amide bonds. The van der Waals surface area contributed by atoms with Crippen molar-refractivity contribution < 1.29 is 13.5 Å². The molecule has 7 heteroatoms. The molecule has 0 saturated heterocycles. The highest BCUT2D eigenvalue weighted by atomic mass is 35.5. The van der Waals surface area contributed by atoms with E-state index in [1.54, 1.807) is 13.8 Å². The first-order chi connectivity index (χ1) is 7.77. The number of benzene rings is 1. The van der Waals surface area contributed by atoms with Gasteiger partial charge in [-0.2, -0.15) is 0 Å². The molecule has 1 aromatic rings. The maximum Gasteiger partial charge on any atom is 0.241 e. The highest BCUT2D eigenvalue weighted by Gasteiger charge is 2.20. The second-order valence-corrected chi connectivity index (χ2v) is 5.94. The van der Waals surface area contributed by atoms with Crippen LogP contribution in [0.15, 0.2) is 17.0 Å². The number of nitrogens with two attached hydrogens (primary N) is 1. The Hall–Kier alpha value is -0.820. The summed E-state index contributed by atoms with van der Waals surface area (Å²) in [5.74, 6) is 0. The number of halogens is 1. The van der Waals surface area contributed by atoms with Crippen LogP contribution in [0.4, 0.5) is 5.69 Å². The fraction of sp³-hybridized carbons (Fsp3) is 0.400. The zero-order valence-electron chi connectivity index (χ0n) is 9.57. The number of sulfonamides is 1. The summed E-state index contributed by atoms with van der Waals surface area (Å²) in [5, 5.41) is 9.10. The number of nitrogens with one attached hydrogen (secondary N) is 1. The Balaban J connectivity index is 3.24. The lowest BCUT2D eigenvalue weighted by Gasteiger charge is -2.14. The number of hydrogen-bond donors (Lipinski definition) is 3. The molecule has 0 aliphatic carbocycles. The van der Waals surface area contributed by atoms with Crippen LogP contribution in [0.2, 0.25) is 5.02 Å². The number of hydrogen-bond acceptors (Lipinski definition) is 4. The van der Waals surface area contributed by atoms with E-state index >= 15 is 0 Å². The molecular formula is C10H15ClN2O3S. The lowest BCUT2D eigenvalue weighted by atomic mass is 10.2. The molecule has 1 rings (SSSR count). The van der Waals surface area contributed by atoms with Gasteiger partial charge in [-0.25, -0.2) is 13.1 Å². The Kier molecular flexibility index (Phi) is 4.37. The second-order valence-electron chi connectivity index (χ2n) is 3.82. The van der Waals surface area contributed by atoms with Crippen LogP contribution in [0.3, 0.4) is 0 Å². The molecule has 0 saturated carbocycles. The Morgan fingerprint density at radius 1 is 1.53 bits per heavy atom. The first-order valence-electron chi connectivity index (χ1n) is 4.96. The van der Waals surface area contributed by atoms with E-state index in [0.717, 1.165) is 0 Å². The summed E-state index contributed by atoms with van der Waals surface area (Å²) in [5.41, 5.74) is 6.41. The molecule has 0 bridgehead atoms. The van der Waals surface area contributed by atoms with Gasteiger partial charge in [-0.05, 0) is 31.5 Å². The van der Waals surface area contributed by atoms with Gasteiger partial charge < -0.3 is 10.8 Å². The zero-order chi connectivity index (χ0) is 13.2. The maximum absolute atomic E-state index is 12.0. The molecule has 1 atom stereocenters. The predicted molar refractivity (Wildman–Crippen MR) is 67.5 cm³/mol. The van der Waals surface area contributed by atoms with Crippen molar-refractivity contribution in [3.8, 4) is 0 Å². The molecule has 0 aliphatic heterocycles. The molecule has 0 fully saturated rings. The van der Waals surface area contributed by atoms with Crippen molar-refractivity contribution in [2.75, 3.05) is 12.3 Å². The van der Waals surface area contributed by atoms with Gasteiger partial charge in [-0.3, -0.25) is 0 Å². The summed E-state index contributed by atoms with van der Waals surface area (Å²) >= 11 is 5.78. The minimum absolute atomic E-state index is 0.0304. The predicted octanol–water partition coefficient (Wildman–Crippen LogP) is 0.890. The molecule has 0 aromatic heterocycles. The lowest BCUT2D eigenvalue weighted by Crippen LogP contribution is -2.35. The SMILES string of the molecule is Cc1c(N)cc(Cl)cc1S(=O)(=O)NC(C)CO. The number of anilines is 1. The second kappa shape index (κ2) is 5.22. The van der Waals surface area contributed by atoms with Crippen LogP contribution in [0.5, 0.6) is 0 Å². The smallest absolute Gasteiger partial charge is 0.241 e. The van der Waals surface area contributed by atoms with E-state index in [1.165, 1.54) is 12.1 Å². The van der Waals surface area contributed by atoms with E-state index in [1.807, 2.05) is 0 Å². The topological polar surface area (TPSA) is 92.4 Å². The molecule has 96 valence electrons. The third-order valence-electron chi connectivity index (χ3n) is 2.28. The summed E-state index contributed by atoms with van der Waals surface area (Å²) < 4.78 is 26.3. The van der Waals surface area contributed by atoms with Gasteiger partial charge in [-0.1, -0.05) is 11.6 Å². The van der Waals surface area contributed by atoms with E-state index < -0.39 is 16.1 Å². The van der Waals surface area contributed by atoms with Crippen molar-refractivity contribution in [3.63, 3.8) is 0 Å². The molecule has 17 heavy (non-hydrogen) atoms. The summed E-state index contributed by atoms with van der Waals surface area (Å²) in [6.07, 6.45) is 0. The van der Waals surface area contributed by atoms with E-state index in [0.29, 0.717) is 11.3 Å². The third-order valence-corrected chi connectivity index (χ3v) is 4.22. The maximum atomic E-state index is 12.0. The molecule has 0 heterocycles. The van der Waals surface area contributed by atoms with Gasteiger partial charge >= 0.3 is 0 Å². The lowest BCUT2D eigenvalue weighted by molar-refractivity contribution is 0.265. The van der Waals surface area contributed by atoms with Crippen molar-refractivity contribution in [3.05, 3.63) is 22.7 Å². The minimum Gasteiger partial charge on any atom is -0.398 e. The Morgan fingerprint density at radius 3 is 2.65 bits per heavy atom. The summed E-state index contributed by atoms with van der Waals surface area (Å²) in [6, 6.07) is 2.25. The molecule has 0 aliphatic rings. The van der Waals surface area contributed by atoms with Gasteiger partial charge in [0.15, 0.2) is 0 Å². The molecule has 0 radical (unpaired) electrons. The van der Waals surface area contributed by atoms with Crippen LogP contribution < -0.4 is 10.5 Å². The van der Waals surface area contributed by atoms with Crippen molar-refractivity contribution in [2.24, 2.45) is 0 Å². The minimum atomic E-state index is -3.72. The van der Waals surface area contributed by atoms with Gasteiger partial charge in [-0.15, -0.1) is 0 Å². The van der Waals surface area contributed by atoms with Crippen molar-refractivity contribution in [1.82, 2.24) is 4.72 Å². The van der Waals surface area contributed by atoms with Crippen molar-refractivity contribution in [2.45, 2.75) is 24.8 Å². The number of aliphatic hydroxyl groups excluding tert-OH is 1. The highest BCUT2D eigenvalue weighted by Crippen LogP contribution is 2.25. The molecule has 0 spiro atoms. The van der Waals surface area contributed by atoms with Gasteiger partial charge in [0.25, 0.3) is 0 Å². The molecule has 4 N–H and O–H groups in total. The third kappa shape index (κ3) is 3.32. The molecule has 1 unspecified atom stereocenters. The normalized spacial score (nSPS) is 13.6. The van der Waals surface area contributed by atoms with Gasteiger partial charge in [0.1, 0.15) is 0 Å². The highest BCUT2D eigenvalue weighted by molar-refractivity contribution is 7.89. The first-order valence-corrected chi connectivity index (χ1v) is 6.83. The molecular weight excluding hydrogens is 264 g/mol. The Morgan fingerprint density at radius 2 is 2.12 bits per heavy atom. The fourth-order valence-electron chi connectivity index (χ4n) is 1.32. The van der Waals surface area contributed by atoms with Crippen LogP contribution in [0, 0.1) is 6.92 Å². The zero-order valence-corrected chi connectivity index (χ0v) is 11.1. The first kappa shape index (κ1) is 14.2. The van der Waals surface area contributed by atoms with Gasteiger partial charge in [0.05, 0.1) is 11.5 Å². The number of aliphatic hydroxyl groups is 1. The Labute approximate surface area is 106 Å². The van der Waals surface area contributed by atoms with Crippen LogP contribution in [0.25, 0.3) is 0 Å². The monoisotopic (exact) mass is 278 g/mol. The Bertz CT molecular complexity index is 517. The largest absolute Gasteiger partial charge is 0.398 e. The standard InChI is InChI=1S/C10H15ClN2O3S/c1-6(5-14)13-17(15,16)10-4-8(11)3-9(12)7(10)2/h3-4,6,13-14H,5,12H2,1-2H3. The van der Waals surface area contributed by atoms with Gasteiger partial charge in [0, 0.05) is 16.8 Å². The van der Waals surface area contributed by atoms with E-state index in [4.69, 9.17) is 22.4 Å². The number of nitrogen functional groups attached to an aromatic ring is 1.